The molecular formula is C16H27ClN2O3. The van der Waals surface area contributed by atoms with Crippen LogP contribution in [0.4, 0.5) is 0 Å². The molecule has 22 heavy (non-hydrogen) atoms. The summed E-state index contributed by atoms with van der Waals surface area (Å²) in [5.74, 6) is 1.56. The smallest absolute Gasteiger partial charge is 0.254 e. The summed E-state index contributed by atoms with van der Waals surface area (Å²) in [6.07, 6.45) is 0. The van der Waals surface area contributed by atoms with E-state index in [9.17, 15) is 4.79 Å². The number of nitrogens with two attached hydrogens (primary N) is 1. The number of benzene rings is 1. The zero-order valence-corrected chi connectivity index (χ0v) is 14.8. The molecule has 0 saturated heterocycles. The Hall–Kier alpha value is -1.46. The molecule has 0 fully saturated rings. The molecule has 2 N–H and O–H groups in total. The zero-order valence-electron chi connectivity index (χ0n) is 14.0. The molecular weight excluding hydrogens is 304 g/mol. The van der Waals surface area contributed by atoms with Gasteiger partial charge < -0.3 is 20.1 Å². The number of hydrogen-bond donors (Lipinski definition) is 1. The lowest BCUT2D eigenvalue weighted by atomic mass is 10.1. The van der Waals surface area contributed by atoms with Crippen LogP contribution in [-0.4, -0.2) is 44.2 Å². The van der Waals surface area contributed by atoms with E-state index < -0.39 is 0 Å². The summed E-state index contributed by atoms with van der Waals surface area (Å²) < 4.78 is 11.0. The predicted octanol–water partition coefficient (Wildman–Crippen LogP) is 2.57. The second kappa shape index (κ2) is 9.54. The Labute approximate surface area is 139 Å². The van der Waals surface area contributed by atoms with Crippen molar-refractivity contribution in [3.8, 4) is 11.5 Å². The highest BCUT2D eigenvalue weighted by atomic mass is 35.5. The van der Waals surface area contributed by atoms with Gasteiger partial charge in [-0.3, -0.25) is 4.79 Å². The maximum Gasteiger partial charge on any atom is 0.254 e. The van der Waals surface area contributed by atoms with Crippen LogP contribution in [0.1, 0.15) is 31.1 Å². The number of hydrogen-bond acceptors (Lipinski definition) is 4. The van der Waals surface area contributed by atoms with Gasteiger partial charge in [-0.25, -0.2) is 0 Å². The number of likely N-dealkylation sites (N-methyl/N-ethyl adjacent to an activating group) is 1. The Kier molecular flexibility index (Phi) is 8.90. The normalized spacial score (nSPS) is 11.6. The van der Waals surface area contributed by atoms with E-state index in [1.807, 2.05) is 6.92 Å². The Bertz CT molecular complexity index is 480. The number of nitrogens with zero attached hydrogens (tertiary/aromatic N) is 1. The maximum absolute atomic E-state index is 12.4. The Morgan fingerprint density at radius 1 is 1.27 bits per heavy atom. The second-order valence-electron chi connectivity index (χ2n) is 5.57. The van der Waals surface area contributed by atoms with Gasteiger partial charge in [0.2, 0.25) is 0 Å². The molecule has 1 amide bonds. The van der Waals surface area contributed by atoms with Crippen LogP contribution in [0.15, 0.2) is 18.2 Å². The van der Waals surface area contributed by atoms with Crippen molar-refractivity contribution in [1.82, 2.24) is 4.90 Å². The van der Waals surface area contributed by atoms with Gasteiger partial charge in [0.1, 0.15) is 0 Å². The van der Waals surface area contributed by atoms with Crippen LogP contribution >= 0.6 is 12.4 Å². The molecule has 0 spiro atoms. The molecule has 1 aromatic carbocycles. The van der Waals surface area contributed by atoms with Crippen molar-refractivity contribution in [3.63, 3.8) is 0 Å². The van der Waals surface area contributed by atoms with Crippen molar-refractivity contribution in [2.75, 3.05) is 27.3 Å². The third kappa shape index (κ3) is 5.39. The fourth-order valence-corrected chi connectivity index (χ4v) is 1.74. The van der Waals surface area contributed by atoms with Crippen molar-refractivity contribution in [2.24, 2.45) is 11.7 Å². The molecule has 1 rings (SSSR count). The van der Waals surface area contributed by atoms with E-state index >= 15 is 0 Å². The number of amides is 1. The molecule has 5 nitrogen and oxygen atoms in total. The quantitative estimate of drug-likeness (QED) is 0.834. The van der Waals surface area contributed by atoms with Gasteiger partial charge in [0.05, 0.1) is 13.7 Å². The number of methoxy groups -OCH3 is 1. The van der Waals surface area contributed by atoms with Gasteiger partial charge in [-0.1, -0.05) is 13.8 Å². The topological polar surface area (TPSA) is 64.8 Å². The molecule has 0 aliphatic carbocycles. The first-order valence-electron chi connectivity index (χ1n) is 7.18. The largest absolute Gasteiger partial charge is 0.493 e. The first kappa shape index (κ1) is 20.5. The SMILES string of the molecule is COc1cc(C(=O)N(C)C(C)CN)ccc1OCC(C)C.Cl. The molecule has 0 saturated carbocycles. The van der Waals surface area contributed by atoms with E-state index in [0.717, 1.165) is 0 Å². The van der Waals surface area contributed by atoms with Crippen LogP contribution in [0.5, 0.6) is 11.5 Å². The van der Waals surface area contributed by atoms with Crippen LogP contribution in [0.3, 0.4) is 0 Å². The van der Waals surface area contributed by atoms with Gasteiger partial charge in [-0.2, -0.15) is 0 Å². The van der Waals surface area contributed by atoms with Gasteiger partial charge in [0.15, 0.2) is 11.5 Å². The van der Waals surface area contributed by atoms with Crippen molar-refractivity contribution in [1.29, 1.82) is 0 Å². The summed E-state index contributed by atoms with van der Waals surface area (Å²) >= 11 is 0. The van der Waals surface area contributed by atoms with Gasteiger partial charge in [-0.05, 0) is 31.0 Å². The molecule has 0 aliphatic heterocycles. The van der Waals surface area contributed by atoms with Gasteiger partial charge in [0, 0.05) is 25.2 Å². The Morgan fingerprint density at radius 3 is 2.41 bits per heavy atom. The van der Waals surface area contributed by atoms with Crippen molar-refractivity contribution in [3.05, 3.63) is 23.8 Å². The summed E-state index contributed by atoms with van der Waals surface area (Å²) in [6, 6.07) is 5.22. The molecule has 6 heteroatoms. The molecule has 126 valence electrons. The van der Waals surface area contributed by atoms with E-state index in [4.69, 9.17) is 15.2 Å². The Balaban J connectivity index is 0.00000441. The number of rotatable bonds is 7. The van der Waals surface area contributed by atoms with Gasteiger partial charge in [-0.15, -0.1) is 12.4 Å². The minimum absolute atomic E-state index is 0. The fraction of sp³-hybridized carbons (Fsp3) is 0.562. The van der Waals surface area contributed by atoms with Crippen molar-refractivity contribution >= 4 is 18.3 Å². The number of carbonyl (C=O) groups excluding carboxylic acids is 1. The molecule has 1 unspecified atom stereocenters. The molecule has 0 radical (unpaired) electrons. The van der Waals surface area contributed by atoms with Crippen LogP contribution in [0.25, 0.3) is 0 Å². The lowest BCUT2D eigenvalue weighted by molar-refractivity contribution is 0.0748. The summed E-state index contributed by atoms with van der Waals surface area (Å²) in [7, 11) is 3.31. The monoisotopic (exact) mass is 330 g/mol. The van der Waals surface area contributed by atoms with E-state index in [-0.39, 0.29) is 24.4 Å². The summed E-state index contributed by atoms with van der Waals surface area (Å²) in [4.78, 5) is 14.0. The maximum atomic E-state index is 12.4. The molecule has 0 aromatic heterocycles. The minimum atomic E-state index is -0.0818. The lowest BCUT2D eigenvalue weighted by Gasteiger charge is -2.24. The van der Waals surface area contributed by atoms with Crippen LogP contribution in [-0.2, 0) is 0 Å². The summed E-state index contributed by atoms with van der Waals surface area (Å²) in [6.45, 7) is 7.10. The van der Waals surface area contributed by atoms with E-state index in [1.54, 1.807) is 37.3 Å². The fourth-order valence-electron chi connectivity index (χ4n) is 1.74. The van der Waals surface area contributed by atoms with Crippen molar-refractivity contribution < 1.29 is 14.3 Å². The van der Waals surface area contributed by atoms with Crippen LogP contribution < -0.4 is 15.2 Å². The van der Waals surface area contributed by atoms with Crippen molar-refractivity contribution in [2.45, 2.75) is 26.8 Å². The van der Waals surface area contributed by atoms with Crippen LogP contribution in [0.2, 0.25) is 0 Å². The van der Waals surface area contributed by atoms with E-state index in [2.05, 4.69) is 13.8 Å². The summed E-state index contributed by atoms with van der Waals surface area (Å²) in [5.41, 5.74) is 6.16. The van der Waals surface area contributed by atoms with E-state index in [1.165, 1.54) is 0 Å². The average Bonchev–Trinajstić information content (AvgIpc) is 2.50. The molecule has 1 aromatic rings. The molecule has 0 aliphatic rings. The van der Waals surface area contributed by atoms with Gasteiger partial charge >= 0.3 is 0 Å². The lowest BCUT2D eigenvalue weighted by Crippen LogP contribution is -2.39. The second-order valence-corrected chi connectivity index (χ2v) is 5.57. The van der Waals surface area contributed by atoms with E-state index in [0.29, 0.717) is 36.1 Å². The minimum Gasteiger partial charge on any atom is -0.493 e. The molecule has 0 heterocycles. The number of ether oxygens (including phenoxy) is 2. The summed E-state index contributed by atoms with van der Waals surface area (Å²) in [5, 5.41) is 0. The number of halogens is 1. The Morgan fingerprint density at radius 2 is 1.91 bits per heavy atom. The highest BCUT2D eigenvalue weighted by Gasteiger charge is 2.18. The predicted molar refractivity (Wildman–Crippen MR) is 91.2 cm³/mol. The number of carbonyl (C=O) groups is 1. The third-order valence-corrected chi connectivity index (χ3v) is 3.31. The first-order chi connectivity index (χ1) is 9.90. The molecule has 1 atom stereocenters. The highest BCUT2D eigenvalue weighted by molar-refractivity contribution is 5.95. The van der Waals surface area contributed by atoms with Gasteiger partial charge in [0.25, 0.3) is 5.91 Å². The average molecular weight is 331 g/mol. The third-order valence-electron chi connectivity index (χ3n) is 3.31. The zero-order chi connectivity index (χ0) is 16.0. The van der Waals surface area contributed by atoms with Crippen LogP contribution in [0, 0.1) is 5.92 Å². The molecule has 0 bridgehead atoms. The first-order valence-corrected chi connectivity index (χ1v) is 7.18. The highest BCUT2D eigenvalue weighted by Crippen LogP contribution is 2.29. The standard InChI is InChI=1S/C16H26N2O3.ClH/c1-11(2)10-21-14-7-6-13(8-15(14)20-5)16(19)18(4)12(3)9-17;/h6-8,11-12H,9-10,17H2,1-5H3;1H.